The second-order valence-corrected chi connectivity index (χ2v) is 8.50. The summed E-state index contributed by atoms with van der Waals surface area (Å²) < 4.78 is 16.8. The second kappa shape index (κ2) is 10.6. The van der Waals surface area contributed by atoms with E-state index in [1.807, 2.05) is 12.1 Å². The lowest BCUT2D eigenvalue weighted by molar-refractivity contribution is 0.121. The SMILES string of the molecule is Clc1ccc(-c2ccc(/C=N/Nc3nc(N4CCOCC4)nc(N4CCOCC4)n3)o2)c(Cl)c1. The maximum Gasteiger partial charge on any atom is 0.250 e. The van der Waals surface area contributed by atoms with Gasteiger partial charge in [-0.25, -0.2) is 5.43 Å². The lowest BCUT2D eigenvalue weighted by atomic mass is 10.2. The summed E-state index contributed by atoms with van der Waals surface area (Å²) in [5.41, 5.74) is 3.66. The summed E-state index contributed by atoms with van der Waals surface area (Å²) in [4.78, 5) is 18.0. The highest BCUT2D eigenvalue weighted by Crippen LogP contribution is 2.31. The Morgan fingerprint density at radius 2 is 1.50 bits per heavy atom. The molecule has 4 heterocycles. The van der Waals surface area contributed by atoms with Gasteiger partial charge in [0.1, 0.15) is 11.5 Å². The summed E-state index contributed by atoms with van der Waals surface area (Å²) in [6.45, 7) is 5.43. The van der Waals surface area contributed by atoms with E-state index in [2.05, 4.69) is 35.3 Å². The zero-order chi connectivity index (χ0) is 23.3. The number of nitrogens with one attached hydrogen (secondary N) is 1. The summed E-state index contributed by atoms with van der Waals surface area (Å²) in [5, 5.41) is 5.35. The fourth-order valence-corrected chi connectivity index (χ4v) is 4.12. The summed E-state index contributed by atoms with van der Waals surface area (Å²) in [5.74, 6) is 2.70. The van der Waals surface area contributed by atoms with Crippen LogP contribution in [0.3, 0.4) is 0 Å². The van der Waals surface area contributed by atoms with E-state index in [4.69, 9.17) is 37.1 Å². The molecule has 12 heteroatoms. The first-order chi connectivity index (χ1) is 16.7. The molecule has 0 atom stereocenters. The maximum absolute atomic E-state index is 6.28. The van der Waals surface area contributed by atoms with Crippen LogP contribution in [0.25, 0.3) is 11.3 Å². The summed E-state index contributed by atoms with van der Waals surface area (Å²) >= 11 is 12.3. The molecule has 0 saturated carbocycles. The van der Waals surface area contributed by atoms with Crippen LogP contribution in [0, 0.1) is 0 Å². The average Bonchev–Trinajstić information content (AvgIpc) is 3.33. The van der Waals surface area contributed by atoms with Crippen molar-refractivity contribution >= 4 is 47.3 Å². The molecule has 1 aromatic carbocycles. The number of halogens is 2. The number of hydrogen-bond acceptors (Lipinski definition) is 10. The molecule has 2 aromatic heterocycles. The highest BCUT2D eigenvalue weighted by molar-refractivity contribution is 6.36. The van der Waals surface area contributed by atoms with Gasteiger partial charge in [0.2, 0.25) is 17.8 Å². The molecule has 2 saturated heterocycles. The summed E-state index contributed by atoms with van der Waals surface area (Å²) in [6.07, 6.45) is 1.56. The van der Waals surface area contributed by atoms with Crippen LogP contribution < -0.4 is 15.2 Å². The van der Waals surface area contributed by atoms with Crippen molar-refractivity contribution in [1.29, 1.82) is 0 Å². The second-order valence-electron chi connectivity index (χ2n) is 7.65. The number of rotatable bonds is 6. The molecule has 1 N–H and O–H groups in total. The molecule has 0 bridgehead atoms. The Morgan fingerprint density at radius 1 is 0.853 bits per heavy atom. The number of furan rings is 1. The van der Waals surface area contributed by atoms with Crippen molar-refractivity contribution in [2.45, 2.75) is 0 Å². The van der Waals surface area contributed by atoms with E-state index in [9.17, 15) is 0 Å². The number of aromatic nitrogens is 3. The molecule has 2 aliphatic heterocycles. The Hall–Kier alpha value is -2.92. The third-order valence-electron chi connectivity index (χ3n) is 5.38. The molecule has 2 fully saturated rings. The number of benzene rings is 1. The van der Waals surface area contributed by atoms with Gasteiger partial charge < -0.3 is 23.7 Å². The van der Waals surface area contributed by atoms with Crippen molar-refractivity contribution in [2.75, 3.05) is 67.8 Å². The van der Waals surface area contributed by atoms with Crippen LogP contribution in [0.1, 0.15) is 5.76 Å². The molecule has 3 aromatic rings. The molecule has 5 rings (SSSR count). The highest BCUT2D eigenvalue weighted by Gasteiger charge is 2.20. The normalized spacial score (nSPS) is 16.9. The van der Waals surface area contributed by atoms with Crippen molar-refractivity contribution in [1.82, 2.24) is 15.0 Å². The third-order valence-corrected chi connectivity index (χ3v) is 5.93. The fraction of sp³-hybridized carbons (Fsp3) is 0.364. The van der Waals surface area contributed by atoms with Gasteiger partial charge in [0.25, 0.3) is 0 Å². The monoisotopic (exact) mass is 503 g/mol. The molecule has 0 amide bonds. The Morgan fingerprint density at radius 3 is 2.12 bits per heavy atom. The number of morpholine rings is 2. The number of ether oxygens (including phenoxy) is 2. The van der Waals surface area contributed by atoms with Crippen LogP contribution in [0.5, 0.6) is 0 Å². The minimum Gasteiger partial charge on any atom is -0.455 e. The maximum atomic E-state index is 6.28. The molecule has 0 spiro atoms. The lowest BCUT2D eigenvalue weighted by Gasteiger charge is -2.30. The van der Waals surface area contributed by atoms with Crippen molar-refractivity contribution in [3.05, 3.63) is 46.1 Å². The first kappa shape index (κ1) is 22.9. The zero-order valence-electron chi connectivity index (χ0n) is 18.3. The Balaban J connectivity index is 1.33. The van der Waals surface area contributed by atoms with Gasteiger partial charge in [-0.1, -0.05) is 23.2 Å². The zero-order valence-corrected chi connectivity index (χ0v) is 19.8. The Kier molecular flexibility index (Phi) is 7.10. The Bertz CT molecular complexity index is 1120. The van der Waals surface area contributed by atoms with Gasteiger partial charge in [-0.3, -0.25) is 0 Å². The molecular weight excluding hydrogens is 481 g/mol. The lowest BCUT2D eigenvalue weighted by Crippen LogP contribution is -2.40. The van der Waals surface area contributed by atoms with Crippen LogP contribution in [-0.4, -0.2) is 73.8 Å². The highest BCUT2D eigenvalue weighted by atomic mass is 35.5. The molecule has 2 aliphatic rings. The molecule has 34 heavy (non-hydrogen) atoms. The minimum atomic E-state index is 0.349. The topological polar surface area (TPSA) is 101 Å². The van der Waals surface area contributed by atoms with Crippen LogP contribution in [0.4, 0.5) is 17.8 Å². The standard InChI is InChI=1S/C22H23Cl2N7O3/c23-15-1-3-17(18(24)13-15)19-4-2-16(34-19)14-25-29-20-26-21(30-5-9-32-10-6-30)28-22(27-20)31-7-11-33-12-8-31/h1-4,13-14H,5-12H2,(H,26,27,28,29)/b25-14+. The van der Waals surface area contributed by atoms with Gasteiger partial charge in [0.05, 0.1) is 37.7 Å². The first-order valence-corrected chi connectivity index (χ1v) is 11.7. The van der Waals surface area contributed by atoms with E-state index in [1.54, 1.807) is 24.4 Å². The number of hydrazone groups is 1. The summed E-state index contributed by atoms with van der Waals surface area (Å²) in [6, 6.07) is 8.88. The van der Waals surface area contributed by atoms with E-state index in [0.29, 0.717) is 65.8 Å². The van der Waals surface area contributed by atoms with Gasteiger partial charge in [-0.15, -0.1) is 0 Å². The van der Waals surface area contributed by atoms with Gasteiger partial charge in [-0.05, 0) is 30.3 Å². The predicted octanol–water partition coefficient (Wildman–Crippen LogP) is 3.56. The van der Waals surface area contributed by atoms with Crippen molar-refractivity contribution in [3.63, 3.8) is 0 Å². The molecule has 10 nitrogen and oxygen atoms in total. The third kappa shape index (κ3) is 5.41. The number of nitrogens with zero attached hydrogens (tertiary/aromatic N) is 6. The van der Waals surface area contributed by atoms with Crippen molar-refractivity contribution in [3.8, 4) is 11.3 Å². The van der Waals surface area contributed by atoms with E-state index in [0.717, 1.165) is 31.7 Å². The van der Waals surface area contributed by atoms with Crippen LogP contribution in [0.15, 0.2) is 39.9 Å². The quantitative estimate of drug-likeness (QED) is 0.399. The Labute approximate surface area is 206 Å². The molecule has 0 unspecified atom stereocenters. The van der Waals surface area contributed by atoms with E-state index in [-0.39, 0.29) is 0 Å². The molecule has 0 radical (unpaired) electrons. The van der Waals surface area contributed by atoms with E-state index < -0.39 is 0 Å². The fourth-order valence-electron chi connectivity index (χ4n) is 3.62. The number of anilines is 3. The van der Waals surface area contributed by atoms with Crippen molar-refractivity contribution < 1.29 is 13.9 Å². The van der Waals surface area contributed by atoms with Crippen LogP contribution in [-0.2, 0) is 9.47 Å². The van der Waals surface area contributed by atoms with Crippen molar-refractivity contribution in [2.24, 2.45) is 5.10 Å². The van der Waals surface area contributed by atoms with Crippen LogP contribution in [0.2, 0.25) is 10.0 Å². The van der Waals surface area contributed by atoms with Gasteiger partial charge in [-0.2, -0.15) is 20.1 Å². The first-order valence-electron chi connectivity index (χ1n) is 10.9. The van der Waals surface area contributed by atoms with Gasteiger partial charge in [0, 0.05) is 36.8 Å². The largest absolute Gasteiger partial charge is 0.455 e. The minimum absolute atomic E-state index is 0.349. The van der Waals surface area contributed by atoms with E-state index >= 15 is 0 Å². The average molecular weight is 504 g/mol. The predicted molar refractivity (Wildman–Crippen MR) is 131 cm³/mol. The molecule has 178 valence electrons. The molecular formula is C22H23Cl2N7O3. The van der Waals surface area contributed by atoms with Crippen LogP contribution >= 0.6 is 23.2 Å². The number of hydrogen-bond donors (Lipinski definition) is 1. The molecule has 0 aliphatic carbocycles. The summed E-state index contributed by atoms with van der Waals surface area (Å²) in [7, 11) is 0. The van der Waals surface area contributed by atoms with Gasteiger partial charge in [0.15, 0.2) is 0 Å². The van der Waals surface area contributed by atoms with E-state index in [1.165, 1.54) is 0 Å². The smallest absolute Gasteiger partial charge is 0.250 e. The van der Waals surface area contributed by atoms with Gasteiger partial charge >= 0.3 is 0 Å².